The van der Waals surface area contributed by atoms with E-state index in [1.807, 2.05) is 14.0 Å². The first-order valence-electron chi connectivity index (χ1n) is 5.13. The second-order valence-corrected chi connectivity index (χ2v) is 3.46. The lowest BCUT2D eigenvalue weighted by atomic mass is 10.2. The number of nitrogens with one attached hydrogen (secondary N) is 2. The Morgan fingerprint density at radius 1 is 1.50 bits per heavy atom. The molecule has 1 unspecified atom stereocenters. The number of carbonyl (C=O) groups excluding carboxylic acids is 1. The fourth-order valence-electron chi connectivity index (χ4n) is 1.14. The fraction of sp³-hybridized carbons (Fsp3) is 0.900. The van der Waals surface area contributed by atoms with Gasteiger partial charge in [0.2, 0.25) is 5.91 Å². The van der Waals surface area contributed by atoms with E-state index in [2.05, 4.69) is 10.6 Å². The van der Waals surface area contributed by atoms with Crippen molar-refractivity contribution in [2.45, 2.75) is 32.2 Å². The molecule has 0 bridgehead atoms. The van der Waals surface area contributed by atoms with Gasteiger partial charge in [-0.25, -0.2) is 0 Å². The van der Waals surface area contributed by atoms with Gasteiger partial charge in [0.1, 0.15) is 0 Å². The molecule has 0 aromatic carbocycles. The van der Waals surface area contributed by atoms with E-state index in [1.54, 1.807) is 7.11 Å². The minimum Gasteiger partial charge on any atom is -0.385 e. The Balaban J connectivity index is 3.40. The van der Waals surface area contributed by atoms with Crippen molar-refractivity contribution in [1.29, 1.82) is 0 Å². The molecule has 0 aromatic heterocycles. The third-order valence-electron chi connectivity index (χ3n) is 1.99. The molecular weight excluding hydrogens is 180 g/mol. The highest BCUT2D eigenvalue weighted by Crippen LogP contribution is 1.93. The average molecular weight is 202 g/mol. The highest BCUT2D eigenvalue weighted by molar-refractivity contribution is 5.76. The molecule has 0 aliphatic rings. The first-order chi connectivity index (χ1) is 6.70. The number of ether oxygens (including phenoxy) is 1. The number of hydrogen-bond acceptors (Lipinski definition) is 3. The molecule has 1 atom stereocenters. The summed E-state index contributed by atoms with van der Waals surface area (Å²) >= 11 is 0. The second kappa shape index (κ2) is 8.97. The molecule has 0 spiro atoms. The number of methoxy groups -OCH3 is 1. The van der Waals surface area contributed by atoms with Crippen LogP contribution in [-0.4, -0.2) is 39.3 Å². The van der Waals surface area contributed by atoms with Crippen molar-refractivity contribution in [3.63, 3.8) is 0 Å². The van der Waals surface area contributed by atoms with Gasteiger partial charge in [-0.2, -0.15) is 0 Å². The van der Waals surface area contributed by atoms with E-state index in [4.69, 9.17) is 4.74 Å². The summed E-state index contributed by atoms with van der Waals surface area (Å²) in [6, 6.07) is 0.206. The molecule has 4 heteroatoms. The molecule has 0 fully saturated rings. The molecule has 0 aliphatic heterocycles. The number of amides is 1. The summed E-state index contributed by atoms with van der Waals surface area (Å²) < 4.78 is 4.93. The molecule has 0 rings (SSSR count). The van der Waals surface area contributed by atoms with Gasteiger partial charge in [-0.3, -0.25) is 4.79 Å². The van der Waals surface area contributed by atoms with Crippen LogP contribution in [0.5, 0.6) is 0 Å². The Hall–Kier alpha value is -0.610. The molecule has 1 amide bonds. The zero-order valence-electron chi connectivity index (χ0n) is 9.43. The molecule has 0 heterocycles. The number of carbonyl (C=O) groups is 1. The van der Waals surface area contributed by atoms with E-state index in [0.717, 1.165) is 19.4 Å². The Morgan fingerprint density at radius 2 is 2.21 bits per heavy atom. The maximum Gasteiger partial charge on any atom is 0.220 e. The van der Waals surface area contributed by atoms with Gasteiger partial charge in [-0.1, -0.05) is 0 Å². The van der Waals surface area contributed by atoms with Crippen molar-refractivity contribution in [1.82, 2.24) is 10.6 Å². The zero-order chi connectivity index (χ0) is 10.8. The van der Waals surface area contributed by atoms with Crippen LogP contribution in [0.3, 0.4) is 0 Å². The van der Waals surface area contributed by atoms with Crippen molar-refractivity contribution >= 4 is 5.91 Å². The predicted octanol–water partition coefficient (Wildman–Crippen LogP) is 0.527. The Bertz CT molecular complexity index is 151. The van der Waals surface area contributed by atoms with Crippen molar-refractivity contribution < 1.29 is 9.53 Å². The Kier molecular flexibility index (Phi) is 8.57. The van der Waals surface area contributed by atoms with E-state index < -0.39 is 0 Å². The fourth-order valence-corrected chi connectivity index (χ4v) is 1.14. The molecular formula is C10H22N2O2. The van der Waals surface area contributed by atoms with Gasteiger partial charge in [0.05, 0.1) is 0 Å². The molecule has 84 valence electrons. The van der Waals surface area contributed by atoms with Crippen LogP contribution in [-0.2, 0) is 9.53 Å². The van der Waals surface area contributed by atoms with Gasteiger partial charge in [0, 0.05) is 26.2 Å². The molecule has 4 nitrogen and oxygen atoms in total. The molecule has 0 aromatic rings. The largest absolute Gasteiger partial charge is 0.385 e. The molecule has 0 radical (unpaired) electrons. The van der Waals surface area contributed by atoms with Crippen LogP contribution in [0.15, 0.2) is 0 Å². The van der Waals surface area contributed by atoms with Crippen LogP contribution in [0.25, 0.3) is 0 Å². The summed E-state index contributed by atoms with van der Waals surface area (Å²) in [5.74, 6) is 0.129. The van der Waals surface area contributed by atoms with Crippen molar-refractivity contribution in [2.75, 3.05) is 27.3 Å². The normalized spacial score (nSPS) is 12.5. The quantitative estimate of drug-likeness (QED) is 0.564. The number of rotatable bonds is 8. The van der Waals surface area contributed by atoms with Crippen LogP contribution in [0.4, 0.5) is 0 Å². The third kappa shape index (κ3) is 8.01. The molecule has 14 heavy (non-hydrogen) atoms. The smallest absolute Gasteiger partial charge is 0.220 e. The van der Waals surface area contributed by atoms with E-state index in [-0.39, 0.29) is 11.9 Å². The lowest BCUT2D eigenvalue weighted by Gasteiger charge is -2.12. The van der Waals surface area contributed by atoms with Crippen molar-refractivity contribution in [3.8, 4) is 0 Å². The minimum absolute atomic E-state index is 0.129. The van der Waals surface area contributed by atoms with Crippen LogP contribution >= 0.6 is 0 Å². The van der Waals surface area contributed by atoms with Gasteiger partial charge >= 0.3 is 0 Å². The first-order valence-corrected chi connectivity index (χ1v) is 5.13. The van der Waals surface area contributed by atoms with Crippen LogP contribution in [0, 0.1) is 0 Å². The van der Waals surface area contributed by atoms with Gasteiger partial charge in [0.25, 0.3) is 0 Å². The summed E-state index contributed by atoms with van der Waals surface area (Å²) in [6.45, 7) is 3.58. The highest BCUT2D eigenvalue weighted by atomic mass is 16.5. The third-order valence-corrected chi connectivity index (χ3v) is 1.99. The lowest BCUT2D eigenvalue weighted by molar-refractivity contribution is -0.121. The second-order valence-electron chi connectivity index (χ2n) is 3.46. The average Bonchev–Trinajstić information content (AvgIpc) is 2.15. The van der Waals surface area contributed by atoms with Crippen LogP contribution in [0.1, 0.15) is 26.2 Å². The SMILES string of the molecule is CNCCCC(=O)NC(C)CCOC. The summed E-state index contributed by atoms with van der Waals surface area (Å²) in [6.07, 6.45) is 2.35. The van der Waals surface area contributed by atoms with Crippen molar-refractivity contribution in [2.24, 2.45) is 0 Å². The molecule has 0 aliphatic carbocycles. The predicted molar refractivity (Wildman–Crippen MR) is 57.3 cm³/mol. The van der Waals surface area contributed by atoms with E-state index in [0.29, 0.717) is 13.0 Å². The maximum atomic E-state index is 11.3. The monoisotopic (exact) mass is 202 g/mol. The van der Waals surface area contributed by atoms with Crippen LogP contribution < -0.4 is 10.6 Å². The van der Waals surface area contributed by atoms with Crippen molar-refractivity contribution in [3.05, 3.63) is 0 Å². The summed E-state index contributed by atoms with van der Waals surface area (Å²) in [7, 11) is 3.56. The lowest BCUT2D eigenvalue weighted by Crippen LogP contribution is -2.33. The minimum atomic E-state index is 0.129. The first kappa shape index (κ1) is 13.4. The van der Waals surface area contributed by atoms with Gasteiger partial charge in [-0.15, -0.1) is 0 Å². The Morgan fingerprint density at radius 3 is 2.79 bits per heavy atom. The zero-order valence-corrected chi connectivity index (χ0v) is 9.43. The molecule has 2 N–H and O–H groups in total. The Labute approximate surface area is 86.4 Å². The topological polar surface area (TPSA) is 50.4 Å². The van der Waals surface area contributed by atoms with Gasteiger partial charge in [0.15, 0.2) is 0 Å². The van der Waals surface area contributed by atoms with Crippen LogP contribution in [0.2, 0.25) is 0 Å². The van der Waals surface area contributed by atoms with Gasteiger partial charge < -0.3 is 15.4 Å². The van der Waals surface area contributed by atoms with Gasteiger partial charge in [-0.05, 0) is 33.4 Å². The van der Waals surface area contributed by atoms with E-state index >= 15 is 0 Å². The summed E-state index contributed by atoms with van der Waals surface area (Å²) in [5.41, 5.74) is 0. The standard InChI is InChI=1S/C10H22N2O2/c1-9(6-8-14-3)12-10(13)5-4-7-11-2/h9,11H,4-8H2,1-3H3,(H,12,13). The maximum absolute atomic E-state index is 11.3. The highest BCUT2D eigenvalue weighted by Gasteiger charge is 2.05. The molecule has 0 saturated heterocycles. The summed E-state index contributed by atoms with van der Waals surface area (Å²) in [4.78, 5) is 11.3. The van der Waals surface area contributed by atoms with E-state index in [1.165, 1.54) is 0 Å². The summed E-state index contributed by atoms with van der Waals surface area (Å²) in [5, 5.41) is 5.94. The van der Waals surface area contributed by atoms with E-state index in [9.17, 15) is 4.79 Å². The molecule has 0 saturated carbocycles. The number of hydrogen-bond donors (Lipinski definition) is 2.